The molecule has 152 valence electrons. The van der Waals surface area contributed by atoms with Crippen LogP contribution in [0.5, 0.6) is 5.75 Å². The maximum Gasteiger partial charge on any atom is 0.191 e. The average Bonchev–Trinajstić information content (AvgIpc) is 3.03. The molecule has 7 heteroatoms. The molecule has 2 aromatic carbocycles. The highest BCUT2D eigenvalue weighted by atomic mass is 35.5. The lowest BCUT2D eigenvalue weighted by Gasteiger charge is -2.16. The van der Waals surface area contributed by atoms with Crippen LogP contribution in [0, 0.1) is 13.8 Å². The van der Waals surface area contributed by atoms with Gasteiger partial charge in [0.2, 0.25) is 0 Å². The number of ether oxygens (including phenoxy) is 1. The zero-order valence-corrected chi connectivity index (χ0v) is 19.0. The summed E-state index contributed by atoms with van der Waals surface area (Å²) in [4.78, 5) is 0. The first kappa shape index (κ1) is 21.8. The molecule has 1 aromatic heterocycles. The molecule has 4 nitrogen and oxygen atoms in total. The van der Waals surface area contributed by atoms with E-state index in [0.717, 1.165) is 33.4 Å². The molecular formula is C22H23Cl2N3OS. The highest BCUT2D eigenvalue weighted by molar-refractivity contribution is 7.98. The largest absolute Gasteiger partial charge is 0.483 e. The Morgan fingerprint density at radius 1 is 1.14 bits per heavy atom. The molecular weight excluding hydrogens is 425 g/mol. The van der Waals surface area contributed by atoms with Crippen molar-refractivity contribution in [1.29, 1.82) is 0 Å². The molecule has 0 saturated heterocycles. The van der Waals surface area contributed by atoms with Crippen molar-refractivity contribution in [1.82, 2.24) is 14.8 Å². The van der Waals surface area contributed by atoms with Crippen molar-refractivity contribution >= 4 is 35.0 Å². The summed E-state index contributed by atoms with van der Waals surface area (Å²) in [5.41, 5.74) is 3.20. The van der Waals surface area contributed by atoms with E-state index in [1.54, 1.807) is 0 Å². The van der Waals surface area contributed by atoms with Crippen LogP contribution in [0.1, 0.15) is 35.5 Å². The molecule has 0 aliphatic heterocycles. The van der Waals surface area contributed by atoms with Gasteiger partial charge in [-0.05, 0) is 61.7 Å². The van der Waals surface area contributed by atoms with Crippen molar-refractivity contribution in [3.8, 4) is 5.75 Å². The smallest absolute Gasteiger partial charge is 0.191 e. The van der Waals surface area contributed by atoms with Crippen molar-refractivity contribution in [2.45, 2.75) is 44.3 Å². The van der Waals surface area contributed by atoms with Gasteiger partial charge in [-0.15, -0.1) is 16.8 Å². The quantitative estimate of drug-likeness (QED) is 0.280. The number of aryl methyl sites for hydroxylation is 2. The van der Waals surface area contributed by atoms with E-state index in [1.165, 1.54) is 11.8 Å². The van der Waals surface area contributed by atoms with E-state index in [1.807, 2.05) is 47.9 Å². The number of hydrogen-bond acceptors (Lipinski definition) is 4. The Morgan fingerprint density at radius 2 is 1.79 bits per heavy atom. The molecule has 0 bridgehead atoms. The summed E-state index contributed by atoms with van der Waals surface area (Å²) in [7, 11) is 0. The van der Waals surface area contributed by atoms with Crippen LogP contribution in [0.4, 0.5) is 0 Å². The molecule has 1 heterocycles. The predicted octanol–water partition coefficient (Wildman–Crippen LogP) is 6.82. The standard InChI is InChI=1S/C22H23Cl2N3OS/c1-5-9-27-21(16(4)28-17-11-14(2)10-15(3)12-17)25-26-22(27)29-13-18-19(23)7-6-8-20(18)24/h5-8,10-12,16H,1,9,13H2,2-4H3. The summed E-state index contributed by atoms with van der Waals surface area (Å²) in [5.74, 6) is 2.16. The first-order valence-electron chi connectivity index (χ1n) is 9.23. The van der Waals surface area contributed by atoms with Crippen molar-refractivity contribution in [2.75, 3.05) is 0 Å². The second-order valence-corrected chi connectivity index (χ2v) is 8.57. The summed E-state index contributed by atoms with van der Waals surface area (Å²) in [6.07, 6.45) is 1.56. The number of aromatic nitrogens is 3. The summed E-state index contributed by atoms with van der Waals surface area (Å²) < 4.78 is 8.16. The van der Waals surface area contributed by atoms with Gasteiger partial charge in [0.05, 0.1) is 0 Å². The van der Waals surface area contributed by atoms with Gasteiger partial charge in [0.25, 0.3) is 0 Å². The third-order valence-electron chi connectivity index (χ3n) is 4.34. The van der Waals surface area contributed by atoms with Crippen molar-refractivity contribution in [2.24, 2.45) is 0 Å². The van der Waals surface area contributed by atoms with E-state index in [0.29, 0.717) is 22.3 Å². The molecule has 1 unspecified atom stereocenters. The molecule has 0 spiro atoms. The maximum atomic E-state index is 6.29. The van der Waals surface area contributed by atoms with Gasteiger partial charge < -0.3 is 4.74 Å². The molecule has 0 amide bonds. The first-order valence-corrected chi connectivity index (χ1v) is 11.0. The lowest BCUT2D eigenvalue weighted by atomic mass is 10.1. The average molecular weight is 448 g/mol. The number of allylic oxidation sites excluding steroid dienone is 1. The number of benzene rings is 2. The van der Waals surface area contributed by atoms with E-state index in [2.05, 4.69) is 36.7 Å². The Bertz CT molecular complexity index is 979. The normalized spacial score (nSPS) is 12.0. The van der Waals surface area contributed by atoms with Crippen LogP contribution in [0.25, 0.3) is 0 Å². The van der Waals surface area contributed by atoms with E-state index in [4.69, 9.17) is 27.9 Å². The fraction of sp³-hybridized carbons (Fsp3) is 0.273. The summed E-state index contributed by atoms with van der Waals surface area (Å²) in [6, 6.07) is 11.7. The SMILES string of the molecule is C=CCn1c(SCc2c(Cl)cccc2Cl)nnc1C(C)Oc1cc(C)cc(C)c1. The van der Waals surface area contributed by atoms with Crippen molar-refractivity contribution in [3.05, 3.63) is 81.6 Å². The van der Waals surface area contributed by atoms with Gasteiger partial charge in [0.1, 0.15) is 5.75 Å². The van der Waals surface area contributed by atoms with E-state index in [9.17, 15) is 0 Å². The van der Waals surface area contributed by atoms with Gasteiger partial charge >= 0.3 is 0 Å². The summed E-state index contributed by atoms with van der Waals surface area (Å²) in [6.45, 7) is 10.5. The highest BCUT2D eigenvalue weighted by Gasteiger charge is 2.20. The second-order valence-electron chi connectivity index (χ2n) is 6.81. The third kappa shape index (κ3) is 5.35. The van der Waals surface area contributed by atoms with E-state index >= 15 is 0 Å². The number of thioether (sulfide) groups is 1. The van der Waals surface area contributed by atoms with E-state index in [-0.39, 0.29) is 6.10 Å². The van der Waals surface area contributed by atoms with Gasteiger partial charge in [0.15, 0.2) is 17.1 Å². The molecule has 0 radical (unpaired) electrons. The van der Waals surface area contributed by atoms with Gasteiger partial charge in [-0.25, -0.2) is 0 Å². The second kappa shape index (κ2) is 9.70. The third-order valence-corrected chi connectivity index (χ3v) is 6.04. The molecule has 0 aliphatic carbocycles. The molecule has 0 N–H and O–H groups in total. The first-order chi connectivity index (χ1) is 13.9. The number of rotatable bonds is 8. The minimum Gasteiger partial charge on any atom is -0.483 e. The zero-order chi connectivity index (χ0) is 21.0. The van der Waals surface area contributed by atoms with Crippen LogP contribution in [0.3, 0.4) is 0 Å². The molecule has 3 aromatic rings. The van der Waals surface area contributed by atoms with Gasteiger partial charge in [0, 0.05) is 22.3 Å². The lowest BCUT2D eigenvalue weighted by molar-refractivity contribution is 0.210. The van der Waals surface area contributed by atoms with E-state index < -0.39 is 0 Å². The van der Waals surface area contributed by atoms with Crippen LogP contribution in [-0.2, 0) is 12.3 Å². The molecule has 0 saturated carbocycles. The Kier molecular flexibility index (Phi) is 7.28. The Hall–Kier alpha value is -1.95. The van der Waals surface area contributed by atoms with Crippen LogP contribution in [0.15, 0.2) is 54.2 Å². The number of halogens is 2. The highest BCUT2D eigenvalue weighted by Crippen LogP contribution is 2.32. The van der Waals surface area contributed by atoms with Crippen LogP contribution >= 0.6 is 35.0 Å². The summed E-state index contributed by atoms with van der Waals surface area (Å²) >= 11 is 14.1. The fourth-order valence-corrected chi connectivity index (χ4v) is 4.77. The van der Waals surface area contributed by atoms with Gasteiger partial charge in [-0.1, -0.05) is 53.2 Å². The topological polar surface area (TPSA) is 39.9 Å². The molecule has 0 aliphatic rings. The van der Waals surface area contributed by atoms with Crippen LogP contribution < -0.4 is 4.74 Å². The Labute approximate surface area is 185 Å². The van der Waals surface area contributed by atoms with Gasteiger partial charge in [-0.2, -0.15) is 0 Å². The maximum absolute atomic E-state index is 6.29. The minimum atomic E-state index is -0.262. The van der Waals surface area contributed by atoms with Crippen molar-refractivity contribution < 1.29 is 4.74 Å². The predicted molar refractivity (Wildman–Crippen MR) is 121 cm³/mol. The zero-order valence-electron chi connectivity index (χ0n) is 16.7. The summed E-state index contributed by atoms with van der Waals surface area (Å²) in [5, 5.41) is 10.8. The Morgan fingerprint density at radius 3 is 2.41 bits per heavy atom. The molecule has 0 fully saturated rings. The van der Waals surface area contributed by atoms with Crippen LogP contribution in [-0.4, -0.2) is 14.8 Å². The lowest BCUT2D eigenvalue weighted by Crippen LogP contribution is -2.12. The number of hydrogen-bond donors (Lipinski definition) is 0. The van der Waals surface area contributed by atoms with Gasteiger partial charge in [-0.3, -0.25) is 4.57 Å². The Balaban J connectivity index is 1.81. The number of nitrogens with zero attached hydrogens (tertiary/aromatic N) is 3. The molecule has 1 atom stereocenters. The van der Waals surface area contributed by atoms with Crippen LogP contribution in [0.2, 0.25) is 10.0 Å². The molecule has 29 heavy (non-hydrogen) atoms. The molecule has 3 rings (SSSR count). The monoisotopic (exact) mass is 447 g/mol. The van der Waals surface area contributed by atoms with Crippen molar-refractivity contribution in [3.63, 3.8) is 0 Å². The minimum absolute atomic E-state index is 0.262. The fourth-order valence-electron chi connectivity index (χ4n) is 3.07.